The molecule has 0 aromatic heterocycles. The summed E-state index contributed by atoms with van der Waals surface area (Å²) in [6.45, 7) is 2.89. The Morgan fingerprint density at radius 3 is 2.48 bits per heavy atom. The Kier molecular flexibility index (Phi) is 8.83. The molecule has 33 heavy (non-hydrogen) atoms. The van der Waals surface area contributed by atoms with Gasteiger partial charge in [-0.15, -0.1) is 0 Å². The quantitative estimate of drug-likeness (QED) is 0.277. The lowest BCUT2D eigenvalue weighted by atomic mass is 10.2. The Morgan fingerprint density at radius 2 is 1.79 bits per heavy atom. The molecule has 8 heteroatoms. The number of amides is 1. The van der Waals surface area contributed by atoms with Crippen LogP contribution in [0.1, 0.15) is 34.8 Å². The van der Waals surface area contributed by atoms with Crippen molar-refractivity contribution in [2.24, 2.45) is 5.10 Å². The lowest BCUT2D eigenvalue weighted by Gasteiger charge is -2.11. The number of rotatable bonds is 10. The Hall–Kier alpha value is -3.39. The molecule has 3 rings (SSSR count). The van der Waals surface area contributed by atoms with Crippen molar-refractivity contribution < 1.29 is 23.4 Å². The first-order chi connectivity index (χ1) is 16.0. The normalized spacial score (nSPS) is 10.8. The van der Waals surface area contributed by atoms with Crippen molar-refractivity contribution in [3.05, 3.63) is 87.6 Å². The van der Waals surface area contributed by atoms with E-state index >= 15 is 0 Å². The first kappa shape index (κ1) is 24.3. The molecule has 0 aliphatic carbocycles. The molecule has 3 aromatic rings. The van der Waals surface area contributed by atoms with Gasteiger partial charge >= 0.3 is 0 Å². The minimum absolute atomic E-state index is 0.284. The molecule has 6 nitrogen and oxygen atoms in total. The van der Waals surface area contributed by atoms with Gasteiger partial charge in [0.15, 0.2) is 11.5 Å². The Morgan fingerprint density at radius 1 is 1.03 bits per heavy atom. The van der Waals surface area contributed by atoms with Gasteiger partial charge in [0.05, 0.1) is 24.4 Å². The van der Waals surface area contributed by atoms with E-state index in [0.29, 0.717) is 36.0 Å². The van der Waals surface area contributed by atoms with Crippen LogP contribution in [0.25, 0.3) is 0 Å². The second kappa shape index (κ2) is 12.0. The van der Waals surface area contributed by atoms with Gasteiger partial charge in [-0.3, -0.25) is 4.79 Å². The third kappa shape index (κ3) is 7.05. The zero-order chi connectivity index (χ0) is 23.6. The summed E-state index contributed by atoms with van der Waals surface area (Å²) < 4.78 is 30.4. The molecule has 0 spiro atoms. The van der Waals surface area contributed by atoms with Crippen molar-refractivity contribution in [3.63, 3.8) is 0 Å². The number of hydrogen-bond donors (Lipinski definition) is 1. The standard InChI is InChI=1S/C25H24BrFN2O4/c1-3-12-32-23-11-7-19(14-24(23)31-2)25(30)29-28-15-18-6-10-22(21(26)13-18)33-16-17-4-8-20(27)9-5-17/h4-11,13-15H,3,12,16H2,1-2H3,(H,29,30)/b28-15+. The number of carbonyl (C=O) groups excluding carboxylic acids is 1. The van der Waals surface area contributed by atoms with Gasteiger partial charge in [0.25, 0.3) is 5.91 Å². The molecule has 0 heterocycles. The number of nitrogens with one attached hydrogen (secondary N) is 1. The summed E-state index contributed by atoms with van der Waals surface area (Å²) in [5.74, 6) is 1.06. The number of carbonyl (C=O) groups is 1. The molecule has 0 aliphatic heterocycles. The average molecular weight is 515 g/mol. The lowest BCUT2D eigenvalue weighted by Crippen LogP contribution is -2.17. The van der Waals surface area contributed by atoms with Crippen LogP contribution < -0.4 is 19.6 Å². The second-order valence-electron chi connectivity index (χ2n) is 7.02. The van der Waals surface area contributed by atoms with E-state index < -0.39 is 0 Å². The van der Waals surface area contributed by atoms with Crippen molar-refractivity contribution in [2.45, 2.75) is 20.0 Å². The monoisotopic (exact) mass is 514 g/mol. The summed E-state index contributed by atoms with van der Waals surface area (Å²) in [7, 11) is 1.53. The van der Waals surface area contributed by atoms with Crippen molar-refractivity contribution in [1.29, 1.82) is 0 Å². The van der Waals surface area contributed by atoms with Gasteiger partial charge in [-0.2, -0.15) is 5.10 Å². The molecule has 0 saturated heterocycles. The maximum atomic E-state index is 13.0. The van der Waals surface area contributed by atoms with Crippen LogP contribution in [0.5, 0.6) is 17.2 Å². The number of methoxy groups -OCH3 is 1. The predicted molar refractivity (Wildman–Crippen MR) is 129 cm³/mol. The minimum Gasteiger partial charge on any atom is -0.493 e. The van der Waals surface area contributed by atoms with Crippen LogP contribution in [-0.4, -0.2) is 25.8 Å². The van der Waals surface area contributed by atoms with Crippen molar-refractivity contribution in [3.8, 4) is 17.2 Å². The molecule has 0 bridgehead atoms. The van der Waals surface area contributed by atoms with Gasteiger partial charge in [0.1, 0.15) is 18.2 Å². The van der Waals surface area contributed by atoms with Crippen molar-refractivity contribution in [1.82, 2.24) is 5.43 Å². The van der Waals surface area contributed by atoms with Crippen molar-refractivity contribution >= 4 is 28.1 Å². The maximum Gasteiger partial charge on any atom is 0.271 e. The van der Waals surface area contributed by atoms with Crippen LogP contribution in [0.3, 0.4) is 0 Å². The highest BCUT2D eigenvalue weighted by atomic mass is 79.9. The molecule has 0 atom stereocenters. The van der Waals surface area contributed by atoms with Gasteiger partial charge < -0.3 is 14.2 Å². The summed E-state index contributed by atoms with van der Waals surface area (Å²) in [5, 5.41) is 4.02. The fourth-order valence-electron chi connectivity index (χ4n) is 2.83. The van der Waals surface area contributed by atoms with E-state index in [4.69, 9.17) is 14.2 Å². The SMILES string of the molecule is CCCOc1ccc(C(=O)N/N=C/c2ccc(OCc3ccc(F)cc3)c(Br)c2)cc1OC. The smallest absolute Gasteiger partial charge is 0.271 e. The fourth-order valence-corrected chi connectivity index (χ4v) is 3.34. The van der Waals surface area contributed by atoms with Crippen LogP contribution in [0.4, 0.5) is 4.39 Å². The van der Waals surface area contributed by atoms with Crippen LogP contribution in [0.15, 0.2) is 70.2 Å². The number of hydrogen-bond acceptors (Lipinski definition) is 5. The zero-order valence-corrected chi connectivity index (χ0v) is 19.9. The Bertz CT molecular complexity index is 1120. The summed E-state index contributed by atoms with van der Waals surface area (Å²) in [6.07, 6.45) is 2.40. The third-order valence-corrected chi connectivity index (χ3v) is 5.15. The average Bonchev–Trinajstić information content (AvgIpc) is 2.83. The van der Waals surface area contributed by atoms with Crippen LogP contribution in [-0.2, 0) is 6.61 Å². The molecule has 1 N–H and O–H groups in total. The van der Waals surface area contributed by atoms with Gasteiger partial charge in [-0.05, 0) is 82.0 Å². The van der Waals surface area contributed by atoms with Crippen LogP contribution >= 0.6 is 15.9 Å². The molecule has 0 saturated carbocycles. The largest absolute Gasteiger partial charge is 0.493 e. The molecule has 0 fully saturated rings. The summed E-state index contributed by atoms with van der Waals surface area (Å²) >= 11 is 3.47. The Balaban J connectivity index is 1.57. The van der Waals surface area contributed by atoms with E-state index in [1.54, 1.807) is 36.4 Å². The van der Waals surface area contributed by atoms with E-state index in [-0.39, 0.29) is 11.7 Å². The molecular formula is C25H24BrFN2O4. The lowest BCUT2D eigenvalue weighted by molar-refractivity contribution is 0.0954. The second-order valence-corrected chi connectivity index (χ2v) is 7.87. The summed E-state index contributed by atoms with van der Waals surface area (Å²) in [4.78, 5) is 12.4. The number of ether oxygens (including phenoxy) is 3. The zero-order valence-electron chi connectivity index (χ0n) is 18.3. The fraction of sp³-hybridized carbons (Fsp3) is 0.200. The molecule has 1 amide bonds. The number of halogens is 2. The van der Waals surface area contributed by atoms with Gasteiger partial charge in [0.2, 0.25) is 0 Å². The first-order valence-corrected chi connectivity index (χ1v) is 11.1. The topological polar surface area (TPSA) is 69.2 Å². The molecule has 3 aromatic carbocycles. The number of nitrogens with zero attached hydrogens (tertiary/aromatic N) is 1. The van der Waals surface area contributed by atoms with Gasteiger partial charge in [-0.25, -0.2) is 9.82 Å². The first-order valence-electron chi connectivity index (χ1n) is 10.3. The van der Waals surface area contributed by atoms with E-state index in [0.717, 1.165) is 22.0 Å². The third-order valence-electron chi connectivity index (χ3n) is 4.53. The van der Waals surface area contributed by atoms with Crippen LogP contribution in [0, 0.1) is 5.82 Å². The van der Waals surface area contributed by atoms with Crippen molar-refractivity contribution in [2.75, 3.05) is 13.7 Å². The molecule has 0 unspecified atom stereocenters. The maximum absolute atomic E-state index is 13.0. The Labute approximate surface area is 200 Å². The molecule has 0 aliphatic rings. The van der Waals surface area contributed by atoms with Crippen LogP contribution in [0.2, 0.25) is 0 Å². The van der Waals surface area contributed by atoms with Gasteiger partial charge in [0, 0.05) is 5.56 Å². The van der Waals surface area contributed by atoms with E-state index in [1.807, 2.05) is 19.1 Å². The van der Waals surface area contributed by atoms with E-state index in [9.17, 15) is 9.18 Å². The highest BCUT2D eigenvalue weighted by Crippen LogP contribution is 2.28. The predicted octanol–water partition coefficient (Wildman–Crippen LogP) is 5.73. The van der Waals surface area contributed by atoms with E-state index in [2.05, 4.69) is 26.5 Å². The number of benzene rings is 3. The highest BCUT2D eigenvalue weighted by Gasteiger charge is 2.11. The molecular weight excluding hydrogens is 491 g/mol. The molecule has 0 radical (unpaired) electrons. The van der Waals surface area contributed by atoms with E-state index in [1.165, 1.54) is 25.5 Å². The number of hydrazone groups is 1. The summed E-state index contributed by atoms with van der Waals surface area (Å²) in [5.41, 5.74) is 4.53. The highest BCUT2D eigenvalue weighted by molar-refractivity contribution is 9.10. The molecule has 172 valence electrons. The summed E-state index contributed by atoms with van der Waals surface area (Å²) in [6, 6.07) is 16.5. The van der Waals surface area contributed by atoms with Gasteiger partial charge in [-0.1, -0.05) is 19.1 Å². The minimum atomic E-state index is -0.370.